The van der Waals surface area contributed by atoms with E-state index in [-0.39, 0.29) is 23.3 Å². The molecule has 0 aliphatic carbocycles. The van der Waals surface area contributed by atoms with Crippen LogP contribution in [-0.4, -0.2) is 10.5 Å². The lowest BCUT2D eigenvalue weighted by molar-refractivity contribution is -0.116. The van der Waals surface area contributed by atoms with Crippen LogP contribution in [0, 0.1) is 11.3 Å². The van der Waals surface area contributed by atoms with E-state index in [1.807, 2.05) is 6.07 Å². The van der Waals surface area contributed by atoms with Crippen LogP contribution >= 0.6 is 11.3 Å². The molecule has 5 nitrogen and oxygen atoms in total. The highest BCUT2D eigenvalue weighted by Crippen LogP contribution is 2.34. The topological polar surface area (TPSA) is 74.9 Å². The second-order valence-electron chi connectivity index (χ2n) is 6.25. The third-order valence-electron chi connectivity index (χ3n) is 3.33. The molecule has 1 amide bonds. The highest BCUT2D eigenvalue weighted by molar-refractivity contribution is 7.13. The predicted molar refractivity (Wildman–Crippen MR) is 91.7 cm³/mol. The standard InChI is InChI=1S/C17H19N3O2S/c1-17(2,3)14-10-12(13(11-18)23-14)19-15(21)7-9-20-8-5-4-6-16(20)22/h4-6,8,10H,7,9H2,1-3H3,(H,19,21). The minimum Gasteiger partial charge on any atom is -0.324 e. The fraction of sp³-hybridized carbons (Fsp3) is 0.353. The van der Waals surface area contributed by atoms with Crippen LogP contribution in [0.2, 0.25) is 0 Å². The van der Waals surface area contributed by atoms with Gasteiger partial charge in [0.25, 0.3) is 5.56 Å². The zero-order valence-corrected chi connectivity index (χ0v) is 14.2. The molecule has 23 heavy (non-hydrogen) atoms. The van der Waals surface area contributed by atoms with E-state index in [4.69, 9.17) is 0 Å². The van der Waals surface area contributed by atoms with Crippen LogP contribution in [-0.2, 0) is 16.8 Å². The van der Waals surface area contributed by atoms with Gasteiger partial charge in [0.1, 0.15) is 10.9 Å². The fourth-order valence-electron chi connectivity index (χ4n) is 2.02. The highest BCUT2D eigenvalue weighted by Gasteiger charge is 2.20. The number of rotatable bonds is 4. The summed E-state index contributed by atoms with van der Waals surface area (Å²) in [6.45, 7) is 6.50. The van der Waals surface area contributed by atoms with Crippen LogP contribution in [0.4, 0.5) is 5.69 Å². The molecule has 0 radical (unpaired) electrons. The van der Waals surface area contributed by atoms with Crippen LogP contribution in [0.25, 0.3) is 0 Å². The van der Waals surface area contributed by atoms with Crippen LogP contribution in [0.3, 0.4) is 0 Å². The molecule has 2 aromatic rings. The van der Waals surface area contributed by atoms with Gasteiger partial charge in [0.15, 0.2) is 0 Å². The van der Waals surface area contributed by atoms with E-state index >= 15 is 0 Å². The smallest absolute Gasteiger partial charge is 0.250 e. The van der Waals surface area contributed by atoms with E-state index in [1.165, 1.54) is 22.0 Å². The Balaban J connectivity index is 2.06. The number of carbonyl (C=O) groups is 1. The van der Waals surface area contributed by atoms with E-state index < -0.39 is 0 Å². The quantitative estimate of drug-likeness (QED) is 0.936. The summed E-state index contributed by atoms with van der Waals surface area (Å²) in [6, 6.07) is 8.86. The van der Waals surface area contributed by atoms with E-state index in [2.05, 4.69) is 32.2 Å². The molecule has 2 aromatic heterocycles. The molecule has 0 atom stereocenters. The highest BCUT2D eigenvalue weighted by atomic mass is 32.1. The van der Waals surface area contributed by atoms with E-state index in [9.17, 15) is 14.9 Å². The molecule has 0 fully saturated rings. The van der Waals surface area contributed by atoms with E-state index in [0.717, 1.165) is 4.88 Å². The van der Waals surface area contributed by atoms with Crippen molar-refractivity contribution < 1.29 is 4.79 Å². The SMILES string of the molecule is CC(C)(C)c1cc(NC(=O)CCn2ccccc2=O)c(C#N)s1. The Labute approximate surface area is 139 Å². The van der Waals surface area contributed by atoms with Crippen molar-refractivity contribution >= 4 is 22.9 Å². The molecule has 0 unspecified atom stereocenters. The normalized spacial score (nSPS) is 11.0. The first kappa shape index (κ1) is 17.0. The minimum absolute atomic E-state index is 0.0728. The largest absolute Gasteiger partial charge is 0.324 e. The molecular formula is C17H19N3O2S. The maximum absolute atomic E-state index is 12.1. The Kier molecular flexibility index (Phi) is 5.02. The lowest BCUT2D eigenvalue weighted by atomic mass is 9.94. The van der Waals surface area contributed by atoms with Gasteiger partial charge in [0.2, 0.25) is 5.91 Å². The molecule has 0 bridgehead atoms. The summed E-state index contributed by atoms with van der Waals surface area (Å²) in [5.41, 5.74) is 0.341. The second-order valence-corrected chi connectivity index (χ2v) is 7.30. The van der Waals surface area contributed by atoms with Gasteiger partial charge in [-0.3, -0.25) is 9.59 Å². The Morgan fingerprint density at radius 1 is 1.39 bits per heavy atom. The predicted octanol–water partition coefficient (Wildman–Crippen LogP) is 3.11. The number of hydrogen-bond donors (Lipinski definition) is 1. The van der Waals surface area contributed by atoms with Crippen molar-refractivity contribution in [1.82, 2.24) is 4.57 Å². The molecule has 6 heteroatoms. The first-order valence-electron chi connectivity index (χ1n) is 7.31. The number of nitrogens with one attached hydrogen (secondary N) is 1. The number of nitriles is 1. The van der Waals surface area contributed by atoms with E-state index in [0.29, 0.717) is 17.1 Å². The number of aryl methyl sites for hydroxylation is 1. The molecule has 0 saturated carbocycles. The summed E-state index contributed by atoms with van der Waals surface area (Å²) in [7, 11) is 0. The first-order chi connectivity index (χ1) is 10.8. The maximum atomic E-state index is 12.1. The number of carbonyl (C=O) groups excluding carboxylic acids is 1. The zero-order chi connectivity index (χ0) is 17.0. The Morgan fingerprint density at radius 2 is 2.13 bits per heavy atom. The summed E-state index contributed by atoms with van der Waals surface area (Å²) >= 11 is 1.39. The number of aromatic nitrogens is 1. The van der Waals surface area contributed by atoms with Gasteiger partial charge >= 0.3 is 0 Å². The number of nitrogens with zero attached hydrogens (tertiary/aromatic N) is 2. The number of pyridine rings is 1. The van der Waals surface area contributed by atoms with Gasteiger partial charge in [0, 0.05) is 30.1 Å². The number of anilines is 1. The third-order valence-corrected chi connectivity index (χ3v) is 4.79. The van der Waals surface area contributed by atoms with Crippen LogP contribution in [0.5, 0.6) is 0 Å². The molecule has 0 aliphatic rings. The van der Waals surface area contributed by atoms with Gasteiger partial charge in [-0.05, 0) is 17.5 Å². The van der Waals surface area contributed by atoms with Crippen molar-refractivity contribution in [2.75, 3.05) is 5.32 Å². The summed E-state index contributed by atoms with van der Waals surface area (Å²) in [4.78, 5) is 25.2. The molecule has 120 valence electrons. The van der Waals surface area contributed by atoms with Gasteiger partial charge in [0.05, 0.1) is 5.69 Å². The minimum atomic E-state index is -0.212. The van der Waals surface area contributed by atoms with Crippen molar-refractivity contribution in [3.05, 3.63) is 50.6 Å². The zero-order valence-electron chi connectivity index (χ0n) is 13.4. The van der Waals surface area contributed by atoms with Crippen LogP contribution in [0.15, 0.2) is 35.3 Å². The summed E-state index contributed by atoms with van der Waals surface area (Å²) < 4.78 is 1.49. The summed E-state index contributed by atoms with van der Waals surface area (Å²) in [5.74, 6) is -0.212. The van der Waals surface area contributed by atoms with Crippen molar-refractivity contribution in [3.63, 3.8) is 0 Å². The van der Waals surface area contributed by atoms with Crippen molar-refractivity contribution in [2.45, 2.75) is 39.2 Å². The second kappa shape index (κ2) is 6.80. The van der Waals surface area contributed by atoms with Gasteiger partial charge < -0.3 is 9.88 Å². The fourth-order valence-corrected chi connectivity index (χ4v) is 2.99. The van der Waals surface area contributed by atoms with Gasteiger partial charge in [-0.15, -0.1) is 11.3 Å². The maximum Gasteiger partial charge on any atom is 0.250 e. The molecule has 0 spiro atoms. The molecule has 0 aliphatic heterocycles. The first-order valence-corrected chi connectivity index (χ1v) is 8.12. The summed E-state index contributed by atoms with van der Waals surface area (Å²) in [5, 5.41) is 12.0. The molecule has 0 saturated heterocycles. The average Bonchev–Trinajstić information content (AvgIpc) is 2.89. The Bertz CT molecular complexity index is 806. The molecule has 2 heterocycles. The van der Waals surface area contributed by atoms with Crippen molar-refractivity contribution in [1.29, 1.82) is 5.26 Å². The Hall–Kier alpha value is -2.39. The Morgan fingerprint density at radius 3 is 2.74 bits per heavy atom. The number of hydrogen-bond acceptors (Lipinski definition) is 4. The van der Waals surface area contributed by atoms with Crippen molar-refractivity contribution in [2.24, 2.45) is 0 Å². The van der Waals surface area contributed by atoms with Gasteiger partial charge in [-0.25, -0.2) is 0 Å². The van der Waals surface area contributed by atoms with Gasteiger partial charge in [-0.2, -0.15) is 5.26 Å². The molecular weight excluding hydrogens is 310 g/mol. The molecule has 0 aromatic carbocycles. The average molecular weight is 329 g/mol. The lowest BCUT2D eigenvalue weighted by Gasteiger charge is -2.15. The monoisotopic (exact) mass is 329 g/mol. The third kappa shape index (κ3) is 4.30. The van der Waals surface area contributed by atoms with E-state index in [1.54, 1.807) is 18.3 Å². The van der Waals surface area contributed by atoms with Crippen LogP contribution in [0.1, 0.15) is 36.9 Å². The number of thiophene rings is 1. The van der Waals surface area contributed by atoms with Crippen molar-refractivity contribution in [3.8, 4) is 6.07 Å². The molecule has 2 rings (SSSR count). The number of amides is 1. The van der Waals surface area contributed by atoms with Crippen LogP contribution < -0.4 is 10.9 Å². The summed E-state index contributed by atoms with van der Waals surface area (Å²) in [6.07, 6.45) is 1.83. The van der Waals surface area contributed by atoms with Gasteiger partial charge in [-0.1, -0.05) is 26.8 Å². The lowest BCUT2D eigenvalue weighted by Crippen LogP contribution is -2.21. The molecule has 1 N–H and O–H groups in total.